The first kappa shape index (κ1) is 37.1. The summed E-state index contributed by atoms with van der Waals surface area (Å²) < 4.78 is 13.2. The van der Waals surface area contributed by atoms with E-state index in [1.807, 2.05) is 0 Å². The van der Waals surface area contributed by atoms with Gasteiger partial charge in [-0.1, -0.05) is 72.2 Å². The molecule has 8 atom stereocenters. The summed E-state index contributed by atoms with van der Waals surface area (Å²) in [5, 5.41) is 9.70. The van der Waals surface area contributed by atoms with Crippen LogP contribution in [-0.4, -0.2) is 67.9 Å². The molecule has 5 aliphatic carbocycles. The quantitative estimate of drug-likeness (QED) is 0.175. The molecule has 0 aliphatic heterocycles. The van der Waals surface area contributed by atoms with E-state index in [4.69, 9.17) is 9.47 Å². The van der Waals surface area contributed by atoms with Gasteiger partial charge in [-0.3, -0.25) is 4.79 Å². The highest BCUT2D eigenvalue weighted by molar-refractivity contribution is 6.02. The van der Waals surface area contributed by atoms with Gasteiger partial charge in [0.25, 0.3) is 0 Å². The van der Waals surface area contributed by atoms with E-state index in [-0.39, 0.29) is 56.2 Å². The lowest BCUT2D eigenvalue weighted by molar-refractivity contribution is -0.870. The molecule has 5 aliphatic rings. The Labute approximate surface area is 301 Å². The van der Waals surface area contributed by atoms with Crippen LogP contribution in [0.25, 0.3) is 0 Å². The van der Waals surface area contributed by atoms with Gasteiger partial charge in [0.05, 0.1) is 37.7 Å². The summed E-state index contributed by atoms with van der Waals surface area (Å²) in [5.41, 5.74) is 1.28. The Kier molecular flexibility index (Phi) is 9.05. The number of likely N-dealkylation sites (N-methyl/N-ethyl adjacent to an activating group) is 1. The van der Waals surface area contributed by atoms with E-state index in [1.165, 1.54) is 6.07 Å². The van der Waals surface area contributed by atoms with E-state index in [2.05, 4.69) is 75.7 Å². The van der Waals surface area contributed by atoms with Crippen molar-refractivity contribution in [3.8, 4) is 0 Å². The maximum atomic E-state index is 14.2. The van der Waals surface area contributed by atoms with Crippen molar-refractivity contribution in [3.05, 3.63) is 47.0 Å². The molecule has 0 bridgehead atoms. The Balaban J connectivity index is 1.28. The second-order valence-electron chi connectivity index (χ2n) is 20.1. The molecule has 0 unspecified atom stereocenters. The molecule has 7 nitrogen and oxygen atoms in total. The molecule has 1 N–H and O–H groups in total. The summed E-state index contributed by atoms with van der Waals surface area (Å²) in [4.78, 5) is 39.6. The minimum atomic E-state index is -1.12. The number of nitrogens with zero attached hydrogens (tertiary/aromatic N) is 1. The molecule has 50 heavy (non-hydrogen) atoms. The SMILES string of the molecule is CC1(C)CC[C@]2(C(=O)OCC[N+](C)(C)C)CC[C@]3(C)C(=CC[C@@H]4[C@@]5(C)CC[C@H](OC(=O)c6ccccc6C(=O)O)C(C)(C)[C@@H]5CC[C@]43C)[C@@H]2C1. The molecule has 1 aromatic carbocycles. The van der Waals surface area contributed by atoms with Crippen LogP contribution in [0.3, 0.4) is 0 Å². The van der Waals surface area contributed by atoms with Crippen LogP contribution in [0.4, 0.5) is 0 Å². The summed E-state index contributed by atoms with van der Waals surface area (Å²) in [7, 11) is 6.43. The molecule has 0 spiro atoms. The third kappa shape index (κ3) is 5.76. The van der Waals surface area contributed by atoms with Gasteiger partial charge >= 0.3 is 17.9 Å². The van der Waals surface area contributed by atoms with Gasteiger partial charge in [-0.05, 0) is 116 Å². The number of fused-ring (bicyclic) bond motifs is 7. The number of carbonyl (C=O) groups is 3. The van der Waals surface area contributed by atoms with E-state index in [0.29, 0.717) is 18.4 Å². The molecular weight excluding hydrogens is 626 g/mol. The molecule has 4 saturated carbocycles. The minimum absolute atomic E-state index is 0.00205. The number of hydrogen-bond donors (Lipinski definition) is 1. The lowest BCUT2D eigenvalue weighted by Crippen LogP contribution is -2.65. The third-order valence-electron chi connectivity index (χ3n) is 15.6. The number of esters is 2. The predicted octanol–water partition coefficient (Wildman–Crippen LogP) is 8.96. The second kappa shape index (κ2) is 12.2. The molecule has 6 rings (SSSR count). The molecule has 0 aromatic heterocycles. The molecule has 1 aromatic rings. The van der Waals surface area contributed by atoms with Crippen LogP contribution in [-0.2, 0) is 14.3 Å². The maximum absolute atomic E-state index is 14.2. The zero-order valence-electron chi connectivity index (χ0n) is 32.6. The summed E-state index contributed by atoms with van der Waals surface area (Å²) >= 11 is 0. The van der Waals surface area contributed by atoms with Crippen LogP contribution in [0.2, 0.25) is 0 Å². The van der Waals surface area contributed by atoms with Crippen molar-refractivity contribution in [1.82, 2.24) is 0 Å². The van der Waals surface area contributed by atoms with Crippen LogP contribution in [0.1, 0.15) is 133 Å². The number of rotatable bonds is 7. The fraction of sp³-hybridized carbons (Fsp3) is 0.744. The van der Waals surface area contributed by atoms with Gasteiger partial charge in [0.2, 0.25) is 0 Å². The van der Waals surface area contributed by atoms with E-state index >= 15 is 0 Å². The van der Waals surface area contributed by atoms with Gasteiger partial charge < -0.3 is 19.1 Å². The molecule has 276 valence electrons. The summed E-state index contributed by atoms with van der Waals surface area (Å²) in [5.74, 6) is -0.568. The largest absolute Gasteiger partial charge is 0.478 e. The van der Waals surface area contributed by atoms with Crippen molar-refractivity contribution >= 4 is 17.9 Å². The zero-order valence-corrected chi connectivity index (χ0v) is 32.6. The summed E-state index contributed by atoms with van der Waals surface area (Å²) in [6, 6.07) is 6.36. The minimum Gasteiger partial charge on any atom is -0.478 e. The van der Waals surface area contributed by atoms with E-state index in [0.717, 1.165) is 75.2 Å². The molecule has 0 radical (unpaired) electrons. The number of allylic oxidation sites excluding steroid dienone is 2. The maximum Gasteiger partial charge on any atom is 0.339 e. The van der Waals surface area contributed by atoms with Crippen molar-refractivity contribution in [3.63, 3.8) is 0 Å². The Bertz CT molecular complexity index is 1570. The predicted molar refractivity (Wildman–Crippen MR) is 196 cm³/mol. The smallest absolute Gasteiger partial charge is 0.339 e. The summed E-state index contributed by atoms with van der Waals surface area (Å²) in [6.45, 7) is 18.2. The molecule has 7 heteroatoms. The Hall–Kier alpha value is -2.67. The highest BCUT2D eigenvalue weighted by atomic mass is 16.5. The number of quaternary nitrogens is 1. The first-order valence-corrected chi connectivity index (χ1v) is 19.3. The molecular formula is C43H64NO6+. The fourth-order valence-electron chi connectivity index (χ4n) is 12.4. The van der Waals surface area contributed by atoms with Gasteiger partial charge in [0.15, 0.2) is 0 Å². The first-order valence-electron chi connectivity index (χ1n) is 19.3. The molecule has 0 heterocycles. The third-order valence-corrected chi connectivity index (χ3v) is 15.6. The summed E-state index contributed by atoms with van der Waals surface area (Å²) in [6.07, 6.45) is 12.1. The zero-order chi connectivity index (χ0) is 36.7. The Morgan fingerprint density at radius 1 is 0.840 bits per heavy atom. The van der Waals surface area contributed by atoms with E-state index < -0.39 is 17.4 Å². The lowest BCUT2D eigenvalue weighted by Gasteiger charge is -2.71. The van der Waals surface area contributed by atoms with Gasteiger partial charge in [0, 0.05) is 5.41 Å². The second-order valence-corrected chi connectivity index (χ2v) is 20.1. The number of carboxylic acid groups (broad SMARTS) is 1. The number of carboxylic acids is 1. The fourth-order valence-corrected chi connectivity index (χ4v) is 12.4. The van der Waals surface area contributed by atoms with Crippen LogP contribution < -0.4 is 0 Å². The first-order chi connectivity index (χ1) is 23.1. The number of benzene rings is 1. The van der Waals surface area contributed by atoms with Gasteiger partial charge in [0.1, 0.15) is 19.3 Å². The Morgan fingerprint density at radius 2 is 1.50 bits per heavy atom. The van der Waals surface area contributed by atoms with Crippen molar-refractivity contribution in [2.24, 2.45) is 50.2 Å². The standard InChI is InChI=1S/C43H63NO6/c1-38(2)21-23-43(37(48)49-26-25-44(8,9)10)24-22-41(6)30(31(43)27-38)15-16-33-40(5)19-18-34(39(3,4)32(40)17-20-42(33,41)7)50-36(47)29-14-12-11-13-28(29)35(45)46/h11-15,31-34H,16-27H2,1-10H3/p+1/t31-,32-,33+,34-,40-,41+,42+,43-/m0/s1. The molecule has 0 saturated heterocycles. The number of ether oxygens (including phenoxy) is 2. The normalized spacial score (nSPS) is 38.6. The monoisotopic (exact) mass is 690 g/mol. The number of hydrogen-bond acceptors (Lipinski definition) is 5. The highest BCUT2D eigenvalue weighted by Gasteiger charge is 2.69. The van der Waals surface area contributed by atoms with Crippen molar-refractivity contribution in [2.75, 3.05) is 34.3 Å². The average Bonchev–Trinajstić information content (AvgIpc) is 3.01. The van der Waals surface area contributed by atoms with E-state index in [1.54, 1.807) is 23.8 Å². The topological polar surface area (TPSA) is 89.9 Å². The highest BCUT2D eigenvalue weighted by Crippen LogP contribution is 2.76. The number of aromatic carboxylic acids is 1. The van der Waals surface area contributed by atoms with E-state index in [9.17, 15) is 19.5 Å². The van der Waals surface area contributed by atoms with Gasteiger partial charge in [-0.2, -0.15) is 0 Å². The van der Waals surface area contributed by atoms with Gasteiger partial charge in [-0.25, -0.2) is 9.59 Å². The van der Waals surface area contributed by atoms with Crippen molar-refractivity contribution < 1.29 is 33.4 Å². The number of carbonyl (C=O) groups excluding carboxylic acids is 2. The molecule has 0 amide bonds. The Morgan fingerprint density at radius 3 is 2.16 bits per heavy atom. The lowest BCUT2D eigenvalue weighted by atomic mass is 9.33. The van der Waals surface area contributed by atoms with Crippen LogP contribution in [0.15, 0.2) is 35.9 Å². The average molecular weight is 691 g/mol. The molecule has 4 fully saturated rings. The van der Waals surface area contributed by atoms with Crippen molar-refractivity contribution in [2.45, 2.75) is 119 Å². The van der Waals surface area contributed by atoms with Gasteiger partial charge in [-0.15, -0.1) is 0 Å². The van der Waals surface area contributed by atoms with Crippen molar-refractivity contribution in [1.29, 1.82) is 0 Å². The van der Waals surface area contributed by atoms with Crippen LogP contribution in [0.5, 0.6) is 0 Å². The van der Waals surface area contributed by atoms with Crippen LogP contribution in [0, 0.1) is 50.2 Å². The van der Waals surface area contributed by atoms with Crippen LogP contribution >= 0.6 is 0 Å².